The Balaban J connectivity index is 1.90. The predicted octanol–water partition coefficient (Wildman–Crippen LogP) is 4.07. The molecule has 0 fully saturated rings. The number of nitro groups is 1. The Morgan fingerprint density at radius 2 is 1.96 bits per heavy atom. The monoisotopic (exact) mass is 362 g/mol. The first kappa shape index (κ1) is 18.7. The minimum atomic E-state index is -0.548. The van der Waals surface area contributed by atoms with Crippen LogP contribution >= 0.6 is 11.6 Å². The third-order valence-electron chi connectivity index (χ3n) is 3.75. The zero-order valence-electron chi connectivity index (χ0n) is 14.0. The van der Waals surface area contributed by atoms with Gasteiger partial charge in [-0.05, 0) is 30.5 Å². The minimum Gasteiger partial charge on any atom is -0.482 e. The van der Waals surface area contributed by atoms with Crippen LogP contribution < -0.4 is 10.1 Å². The van der Waals surface area contributed by atoms with Crippen molar-refractivity contribution in [2.45, 2.75) is 26.3 Å². The van der Waals surface area contributed by atoms with Crippen molar-refractivity contribution in [3.05, 3.63) is 68.7 Å². The number of nitro benzene ring substituents is 1. The lowest BCUT2D eigenvalue weighted by Gasteiger charge is -2.15. The van der Waals surface area contributed by atoms with E-state index < -0.39 is 4.92 Å². The largest absolute Gasteiger partial charge is 0.482 e. The van der Waals surface area contributed by atoms with Gasteiger partial charge in [-0.25, -0.2) is 0 Å². The molecule has 0 spiro atoms. The molecule has 1 amide bonds. The fraction of sp³-hybridized carbons (Fsp3) is 0.278. The SMILES string of the molecule is CCc1ccc([C@@H](C)NC(=O)COc2ccc([N+](=O)[O-])cc2Cl)cc1. The molecule has 2 rings (SSSR count). The molecule has 1 atom stereocenters. The molecule has 0 bridgehead atoms. The number of carbonyl (C=O) groups is 1. The highest BCUT2D eigenvalue weighted by Gasteiger charge is 2.13. The molecule has 0 aliphatic rings. The number of nitrogens with zero attached hydrogens (tertiary/aromatic N) is 1. The number of hydrogen-bond donors (Lipinski definition) is 1. The Bertz CT molecular complexity index is 762. The van der Waals surface area contributed by atoms with Crippen molar-refractivity contribution >= 4 is 23.2 Å². The first-order valence-electron chi connectivity index (χ1n) is 7.85. The molecule has 0 radical (unpaired) electrons. The second kappa shape index (κ2) is 8.48. The molecule has 0 saturated carbocycles. The molecule has 0 unspecified atom stereocenters. The summed E-state index contributed by atoms with van der Waals surface area (Å²) in [4.78, 5) is 22.1. The average Bonchev–Trinajstić information content (AvgIpc) is 2.60. The van der Waals surface area contributed by atoms with Crippen LogP contribution in [0.5, 0.6) is 5.75 Å². The van der Waals surface area contributed by atoms with Crippen LogP contribution in [0.3, 0.4) is 0 Å². The van der Waals surface area contributed by atoms with E-state index in [-0.39, 0.29) is 35.0 Å². The van der Waals surface area contributed by atoms with Gasteiger partial charge in [0.2, 0.25) is 0 Å². The number of hydrogen-bond acceptors (Lipinski definition) is 4. The molecule has 0 heterocycles. The second-order valence-electron chi connectivity index (χ2n) is 5.54. The van der Waals surface area contributed by atoms with Gasteiger partial charge in [-0.1, -0.05) is 42.8 Å². The van der Waals surface area contributed by atoms with Gasteiger partial charge in [-0.15, -0.1) is 0 Å². The number of rotatable bonds is 7. The van der Waals surface area contributed by atoms with Gasteiger partial charge in [0.25, 0.3) is 11.6 Å². The molecule has 2 aromatic carbocycles. The lowest BCUT2D eigenvalue weighted by atomic mass is 10.1. The standard InChI is InChI=1S/C18H19ClN2O4/c1-3-13-4-6-14(7-5-13)12(2)20-18(22)11-25-17-9-8-15(21(23)24)10-16(17)19/h4-10,12H,3,11H2,1-2H3,(H,20,22)/t12-/m1/s1. The first-order valence-corrected chi connectivity index (χ1v) is 8.23. The van der Waals surface area contributed by atoms with Crippen molar-refractivity contribution in [3.63, 3.8) is 0 Å². The summed E-state index contributed by atoms with van der Waals surface area (Å²) in [6.45, 7) is 3.74. The number of non-ortho nitro benzene ring substituents is 1. The van der Waals surface area contributed by atoms with Crippen molar-refractivity contribution < 1.29 is 14.5 Å². The van der Waals surface area contributed by atoms with Crippen molar-refractivity contribution in [1.82, 2.24) is 5.32 Å². The van der Waals surface area contributed by atoms with Gasteiger partial charge in [-0.3, -0.25) is 14.9 Å². The van der Waals surface area contributed by atoms with E-state index >= 15 is 0 Å². The van der Waals surface area contributed by atoms with Crippen LogP contribution in [0.25, 0.3) is 0 Å². The normalized spacial score (nSPS) is 11.6. The maximum atomic E-state index is 12.0. The number of amides is 1. The molecule has 0 aliphatic carbocycles. The highest BCUT2D eigenvalue weighted by molar-refractivity contribution is 6.32. The maximum Gasteiger partial charge on any atom is 0.271 e. The maximum absolute atomic E-state index is 12.0. The Morgan fingerprint density at radius 1 is 1.28 bits per heavy atom. The topological polar surface area (TPSA) is 81.5 Å². The smallest absolute Gasteiger partial charge is 0.271 e. The predicted molar refractivity (Wildman–Crippen MR) is 96.0 cm³/mol. The molecule has 0 saturated heterocycles. The van der Waals surface area contributed by atoms with Crippen LogP contribution in [-0.4, -0.2) is 17.4 Å². The van der Waals surface area contributed by atoms with Crippen LogP contribution in [0.1, 0.15) is 31.0 Å². The lowest BCUT2D eigenvalue weighted by molar-refractivity contribution is -0.384. The Hall–Kier alpha value is -2.60. The van der Waals surface area contributed by atoms with Gasteiger partial charge < -0.3 is 10.1 Å². The lowest BCUT2D eigenvalue weighted by Crippen LogP contribution is -2.31. The van der Waals surface area contributed by atoms with Gasteiger partial charge in [0.15, 0.2) is 6.61 Å². The van der Waals surface area contributed by atoms with E-state index in [1.165, 1.54) is 23.8 Å². The molecule has 0 aromatic heterocycles. The van der Waals surface area contributed by atoms with E-state index in [0.717, 1.165) is 12.0 Å². The summed E-state index contributed by atoms with van der Waals surface area (Å²) in [6.07, 6.45) is 0.963. The van der Waals surface area contributed by atoms with E-state index in [0.29, 0.717) is 0 Å². The molecular formula is C18H19ClN2O4. The zero-order chi connectivity index (χ0) is 18.4. The van der Waals surface area contributed by atoms with Gasteiger partial charge in [0.1, 0.15) is 5.75 Å². The van der Waals surface area contributed by atoms with Crippen molar-refractivity contribution in [3.8, 4) is 5.75 Å². The Morgan fingerprint density at radius 3 is 2.52 bits per heavy atom. The number of halogens is 1. The Kier molecular flexibility index (Phi) is 6.36. The summed E-state index contributed by atoms with van der Waals surface area (Å²) in [6, 6.07) is 11.7. The van der Waals surface area contributed by atoms with E-state index in [1.807, 2.05) is 31.2 Å². The molecule has 7 heteroatoms. The number of carbonyl (C=O) groups excluding carboxylic acids is 1. The first-order chi connectivity index (χ1) is 11.9. The summed E-state index contributed by atoms with van der Waals surface area (Å²) < 4.78 is 5.34. The van der Waals surface area contributed by atoms with Gasteiger partial charge >= 0.3 is 0 Å². The van der Waals surface area contributed by atoms with Gasteiger partial charge in [0.05, 0.1) is 16.0 Å². The summed E-state index contributed by atoms with van der Waals surface area (Å²) in [5.41, 5.74) is 2.10. The van der Waals surface area contributed by atoms with Crippen molar-refractivity contribution in [1.29, 1.82) is 0 Å². The third-order valence-corrected chi connectivity index (χ3v) is 4.05. The molecule has 6 nitrogen and oxygen atoms in total. The number of ether oxygens (including phenoxy) is 1. The molecule has 132 valence electrons. The molecule has 25 heavy (non-hydrogen) atoms. The third kappa shape index (κ3) is 5.19. The summed E-state index contributed by atoms with van der Waals surface area (Å²) in [5, 5.41) is 13.6. The molecule has 1 N–H and O–H groups in total. The number of aryl methyl sites for hydroxylation is 1. The van der Waals surface area contributed by atoms with Crippen molar-refractivity contribution in [2.24, 2.45) is 0 Å². The van der Waals surface area contributed by atoms with Gasteiger partial charge in [0, 0.05) is 12.1 Å². The molecular weight excluding hydrogens is 344 g/mol. The van der Waals surface area contributed by atoms with Crippen molar-refractivity contribution in [2.75, 3.05) is 6.61 Å². The van der Waals surface area contributed by atoms with E-state index in [1.54, 1.807) is 0 Å². The second-order valence-corrected chi connectivity index (χ2v) is 5.95. The summed E-state index contributed by atoms with van der Waals surface area (Å²) >= 11 is 5.93. The highest BCUT2D eigenvalue weighted by Crippen LogP contribution is 2.28. The number of benzene rings is 2. The zero-order valence-corrected chi connectivity index (χ0v) is 14.7. The van der Waals surface area contributed by atoms with E-state index in [2.05, 4.69) is 12.2 Å². The number of nitrogens with one attached hydrogen (secondary N) is 1. The van der Waals surface area contributed by atoms with Crippen LogP contribution in [-0.2, 0) is 11.2 Å². The summed E-state index contributed by atoms with van der Waals surface area (Å²) in [5.74, 6) is -0.0798. The summed E-state index contributed by atoms with van der Waals surface area (Å²) in [7, 11) is 0. The van der Waals surface area contributed by atoms with Crippen LogP contribution in [0, 0.1) is 10.1 Å². The molecule has 0 aliphatic heterocycles. The van der Waals surface area contributed by atoms with Gasteiger partial charge in [-0.2, -0.15) is 0 Å². The Labute approximate surface area is 150 Å². The van der Waals surface area contributed by atoms with Crippen LogP contribution in [0.2, 0.25) is 5.02 Å². The average molecular weight is 363 g/mol. The van der Waals surface area contributed by atoms with E-state index in [9.17, 15) is 14.9 Å². The van der Waals surface area contributed by atoms with Crippen LogP contribution in [0.15, 0.2) is 42.5 Å². The molecule has 2 aromatic rings. The van der Waals surface area contributed by atoms with Crippen LogP contribution in [0.4, 0.5) is 5.69 Å². The minimum absolute atomic E-state index is 0.0882. The fourth-order valence-electron chi connectivity index (χ4n) is 2.27. The highest BCUT2D eigenvalue weighted by atomic mass is 35.5. The van der Waals surface area contributed by atoms with E-state index in [4.69, 9.17) is 16.3 Å². The fourth-order valence-corrected chi connectivity index (χ4v) is 2.50. The quantitative estimate of drug-likeness (QED) is 0.594.